The Morgan fingerprint density at radius 3 is 2.27 bits per heavy atom. The molecular weight excluding hydrogens is 284 g/mol. The normalized spacial score (nSPS) is 10.5. The number of aromatic hydroxyl groups is 1. The highest BCUT2D eigenvalue weighted by Gasteiger charge is 2.10. The molecule has 2 rings (SSSR count). The maximum atomic E-state index is 11.8. The van der Waals surface area contributed by atoms with Crippen molar-refractivity contribution in [2.45, 2.75) is 0 Å². The summed E-state index contributed by atoms with van der Waals surface area (Å²) in [6, 6.07) is 11.9. The Hall–Kier alpha value is -3.02. The average Bonchev–Trinajstić information content (AvgIpc) is 2.56. The van der Waals surface area contributed by atoms with Crippen LogP contribution in [-0.2, 0) is 0 Å². The molecule has 0 aromatic heterocycles. The molecule has 0 aliphatic carbocycles. The Morgan fingerprint density at radius 2 is 1.73 bits per heavy atom. The fourth-order valence-corrected chi connectivity index (χ4v) is 1.81. The number of hydrogen-bond donors (Lipinski definition) is 2. The van der Waals surface area contributed by atoms with Crippen LogP contribution in [0, 0.1) is 0 Å². The second-order valence-electron chi connectivity index (χ2n) is 4.34. The van der Waals surface area contributed by atoms with Gasteiger partial charge in [0.05, 0.1) is 20.4 Å². The monoisotopic (exact) mass is 300 g/mol. The van der Waals surface area contributed by atoms with E-state index < -0.39 is 0 Å². The predicted molar refractivity (Wildman–Crippen MR) is 82.7 cm³/mol. The average molecular weight is 300 g/mol. The number of methoxy groups -OCH3 is 2. The second-order valence-corrected chi connectivity index (χ2v) is 4.34. The van der Waals surface area contributed by atoms with Crippen molar-refractivity contribution in [1.82, 2.24) is 5.43 Å². The molecule has 22 heavy (non-hydrogen) atoms. The van der Waals surface area contributed by atoms with E-state index in [-0.39, 0.29) is 23.2 Å². The molecule has 2 aromatic rings. The highest BCUT2D eigenvalue weighted by atomic mass is 16.5. The number of phenolic OH excluding ortho intramolecular Hbond substituents is 1. The van der Waals surface area contributed by atoms with Gasteiger partial charge in [-0.05, 0) is 24.3 Å². The Balaban J connectivity index is 2.12. The summed E-state index contributed by atoms with van der Waals surface area (Å²) < 4.78 is 10.1. The quantitative estimate of drug-likeness (QED) is 0.655. The maximum absolute atomic E-state index is 11.8. The van der Waals surface area contributed by atoms with Gasteiger partial charge >= 0.3 is 0 Å². The highest BCUT2D eigenvalue weighted by Crippen LogP contribution is 2.36. The molecule has 0 spiro atoms. The van der Waals surface area contributed by atoms with E-state index in [2.05, 4.69) is 10.5 Å². The van der Waals surface area contributed by atoms with Crippen molar-refractivity contribution in [2.75, 3.05) is 14.2 Å². The summed E-state index contributed by atoms with van der Waals surface area (Å²) in [4.78, 5) is 11.8. The van der Waals surface area contributed by atoms with Gasteiger partial charge in [0.2, 0.25) is 5.75 Å². The van der Waals surface area contributed by atoms with Gasteiger partial charge in [0.15, 0.2) is 11.5 Å². The van der Waals surface area contributed by atoms with E-state index in [1.54, 1.807) is 36.4 Å². The van der Waals surface area contributed by atoms with Crippen LogP contribution >= 0.6 is 0 Å². The van der Waals surface area contributed by atoms with Crippen LogP contribution in [0.3, 0.4) is 0 Å². The number of carbonyl (C=O) groups excluding carboxylic acids is 1. The smallest absolute Gasteiger partial charge is 0.271 e. The summed E-state index contributed by atoms with van der Waals surface area (Å²) >= 11 is 0. The highest BCUT2D eigenvalue weighted by molar-refractivity contribution is 5.94. The van der Waals surface area contributed by atoms with Gasteiger partial charge in [0.25, 0.3) is 5.91 Å². The van der Waals surface area contributed by atoms with Crippen molar-refractivity contribution in [1.29, 1.82) is 0 Å². The van der Waals surface area contributed by atoms with Crippen molar-refractivity contribution in [3.8, 4) is 17.2 Å². The minimum atomic E-state index is -0.311. The van der Waals surface area contributed by atoms with Crippen LogP contribution in [0.15, 0.2) is 47.6 Å². The van der Waals surface area contributed by atoms with Gasteiger partial charge in [-0.2, -0.15) is 5.10 Å². The SMILES string of the molecule is COc1cc(C=NNC(=O)c2ccccc2)cc(OC)c1O. The largest absolute Gasteiger partial charge is 0.502 e. The zero-order valence-electron chi connectivity index (χ0n) is 12.2. The van der Waals surface area contributed by atoms with E-state index in [1.807, 2.05) is 6.07 Å². The van der Waals surface area contributed by atoms with Gasteiger partial charge in [-0.3, -0.25) is 4.79 Å². The first-order valence-corrected chi connectivity index (χ1v) is 6.49. The van der Waals surface area contributed by atoms with Crippen LogP contribution in [-0.4, -0.2) is 31.4 Å². The summed E-state index contributed by atoms with van der Waals surface area (Å²) in [6.07, 6.45) is 1.44. The zero-order valence-corrected chi connectivity index (χ0v) is 12.2. The van der Waals surface area contributed by atoms with Crippen molar-refractivity contribution >= 4 is 12.1 Å². The number of nitrogens with zero attached hydrogens (tertiary/aromatic N) is 1. The lowest BCUT2D eigenvalue weighted by Gasteiger charge is -2.09. The molecule has 0 fully saturated rings. The number of hydrogen-bond acceptors (Lipinski definition) is 5. The minimum Gasteiger partial charge on any atom is -0.502 e. The first-order valence-electron chi connectivity index (χ1n) is 6.49. The van der Waals surface area contributed by atoms with E-state index >= 15 is 0 Å². The third kappa shape index (κ3) is 3.54. The molecule has 0 aliphatic heterocycles. The third-order valence-corrected chi connectivity index (χ3v) is 2.92. The zero-order chi connectivity index (χ0) is 15.9. The topological polar surface area (TPSA) is 80.2 Å². The number of hydrazone groups is 1. The van der Waals surface area contributed by atoms with Crippen LogP contribution in [0.4, 0.5) is 0 Å². The molecule has 1 amide bonds. The van der Waals surface area contributed by atoms with Crippen LogP contribution < -0.4 is 14.9 Å². The van der Waals surface area contributed by atoms with Crippen LogP contribution in [0.2, 0.25) is 0 Å². The van der Waals surface area contributed by atoms with Gasteiger partial charge in [-0.1, -0.05) is 18.2 Å². The molecule has 0 heterocycles. The maximum Gasteiger partial charge on any atom is 0.271 e. The van der Waals surface area contributed by atoms with Crippen molar-refractivity contribution in [3.05, 3.63) is 53.6 Å². The van der Waals surface area contributed by atoms with Gasteiger partial charge in [-0.25, -0.2) is 5.43 Å². The summed E-state index contributed by atoms with van der Waals surface area (Å²) in [5.74, 6) is 0.121. The van der Waals surface area contributed by atoms with Crippen LogP contribution in [0.1, 0.15) is 15.9 Å². The molecule has 0 atom stereocenters. The fraction of sp³-hybridized carbons (Fsp3) is 0.125. The number of nitrogens with one attached hydrogen (secondary N) is 1. The molecule has 0 unspecified atom stereocenters. The number of carbonyl (C=O) groups is 1. The van der Waals surface area contributed by atoms with Crippen molar-refractivity contribution in [2.24, 2.45) is 5.10 Å². The summed E-state index contributed by atoms with van der Waals surface area (Å²) in [5.41, 5.74) is 3.55. The summed E-state index contributed by atoms with van der Waals surface area (Å²) in [7, 11) is 2.87. The Morgan fingerprint density at radius 1 is 1.14 bits per heavy atom. The molecule has 0 bridgehead atoms. The standard InChI is InChI=1S/C16H16N2O4/c1-21-13-8-11(9-14(22-2)15(13)19)10-17-18-16(20)12-6-4-3-5-7-12/h3-10,19H,1-2H3,(H,18,20). The first-order chi connectivity index (χ1) is 10.7. The molecule has 6 nitrogen and oxygen atoms in total. The third-order valence-electron chi connectivity index (χ3n) is 2.92. The molecule has 0 saturated heterocycles. The lowest BCUT2D eigenvalue weighted by atomic mass is 10.2. The first kappa shape index (κ1) is 15.4. The molecule has 0 saturated carbocycles. The fourth-order valence-electron chi connectivity index (χ4n) is 1.81. The summed E-state index contributed by atoms with van der Waals surface area (Å²) in [6.45, 7) is 0. The Labute approximate surface area is 128 Å². The van der Waals surface area contributed by atoms with E-state index in [9.17, 15) is 9.90 Å². The molecule has 6 heteroatoms. The number of phenols is 1. The van der Waals surface area contributed by atoms with E-state index in [4.69, 9.17) is 9.47 Å². The van der Waals surface area contributed by atoms with Gasteiger partial charge in [0, 0.05) is 11.1 Å². The van der Waals surface area contributed by atoms with Crippen molar-refractivity contribution < 1.29 is 19.4 Å². The molecule has 114 valence electrons. The van der Waals surface area contributed by atoms with Gasteiger partial charge < -0.3 is 14.6 Å². The molecule has 0 aliphatic rings. The Bertz CT molecular complexity index is 659. The molecular formula is C16H16N2O4. The molecule has 2 N–H and O–H groups in total. The van der Waals surface area contributed by atoms with E-state index in [1.165, 1.54) is 20.4 Å². The van der Waals surface area contributed by atoms with Crippen LogP contribution in [0.25, 0.3) is 0 Å². The lowest BCUT2D eigenvalue weighted by Crippen LogP contribution is -2.17. The van der Waals surface area contributed by atoms with Crippen molar-refractivity contribution in [3.63, 3.8) is 0 Å². The summed E-state index contributed by atoms with van der Waals surface area (Å²) in [5, 5.41) is 13.7. The lowest BCUT2D eigenvalue weighted by molar-refractivity contribution is 0.0955. The second kappa shape index (κ2) is 7.12. The van der Waals surface area contributed by atoms with E-state index in [0.29, 0.717) is 11.1 Å². The van der Waals surface area contributed by atoms with Gasteiger partial charge in [-0.15, -0.1) is 0 Å². The van der Waals surface area contributed by atoms with Gasteiger partial charge in [0.1, 0.15) is 0 Å². The molecule has 0 radical (unpaired) electrons. The predicted octanol–water partition coefficient (Wildman–Crippen LogP) is 2.17. The number of rotatable bonds is 5. The number of benzene rings is 2. The number of amides is 1. The van der Waals surface area contributed by atoms with E-state index in [0.717, 1.165) is 0 Å². The van der Waals surface area contributed by atoms with Crippen LogP contribution in [0.5, 0.6) is 17.2 Å². The Kier molecular flexibility index (Phi) is 4.98. The number of ether oxygens (including phenoxy) is 2. The minimum absolute atomic E-state index is 0.0875. The molecule has 2 aromatic carbocycles.